The maximum atomic E-state index is 16.1. The molecule has 4 atom stereocenters. The summed E-state index contributed by atoms with van der Waals surface area (Å²) in [5, 5.41) is 9.71. The Labute approximate surface area is 273 Å². The van der Waals surface area contributed by atoms with Gasteiger partial charge in [-0.25, -0.2) is 4.39 Å². The quantitative estimate of drug-likeness (QED) is 0.253. The van der Waals surface area contributed by atoms with E-state index >= 15 is 4.39 Å². The summed E-state index contributed by atoms with van der Waals surface area (Å²) in [4.78, 5) is 31.5. The first-order valence-electron chi connectivity index (χ1n) is 14.1. The lowest BCUT2D eigenvalue weighted by Crippen LogP contribution is -2.45. The molecule has 0 unspecified atom stereocenters. The molecule has 222 valence electrons. The summed E-state index contributed by atoms with van der Waals surface area (Å²) >= 11 is 4.47. The molecule has 2 aliphatic rings. The summed E-state index contributed by atoms with van der Waals surface area (Å²) < 4.78 is 24.9. The third-order valence-corrected chi connectivity index (χ3v) is 9.88. The number of nitrogens with zero attached hydrogens (tertiary/aromatic N) is 2. The third-order valence-electron chi connectivity index (χ3n) is 8.49. The van der Waals surface area contributed by atoms with Crippen LogP contribution in [0.15, 0.2) is 72.8 Å². The van der Waals surface area contributed by atoms with Crippen molar-refractivity contribution in [1.29, 1.82) is 0 Å². The van der Waals surface area contributed by atoms with E-state index < -0.39 is 29.2 Å². The van der Waals surface area contributed by atoms with Crippen molar-refractivity contribution in [2.45, 2.75) is 57.7 Å². The average molecular weight is 796 g/mol. The van der Waals surface area contributed by atoms with E-state index in [1.165, 1.54) is 13.8 Å². The van der Waals surface area contributed by atoms with Crippen molar-refractivity contribution in [2.75, 3.05) is 18.1 Å². The second-order valence-corrected chi connectivity index (χ2v) is 14.2. The molecule has 0 bridgehead atoms. The van der Waals surface area contributed by atoms with Crippen LogP contribution in [-0.4, -0.2) is 46.7 Å². The fraction of sp³-hybridized carbons (Fsp3) is 0.394. The number of amides is 2. The normalized spacial score (nSPS) is 23.5. The number of anilines is 1. The molecule has 5 rings (SSSR count). The number of fused-ring (bicyclic) bond motifs is 2. The largest absolute Gasteiger partial charge is 0.395 e. The number of carbonyl (C=O) groups is 2. The molecule has 1 saturated heterocycles. The SMILES string of the molecule is C[C@H]1[C@H](C(C)(C)F)[C@@H](CC(=O)N(CCO)Cc2ccccc2)O[C@]12C(=O)N(Cc1ccc(I)cc1)c1ccc(I)cc12. The van der Waals surface area contributed by atoms with Gasteiger partial charge in [-0.05, 0) is 100 Å². The maximum absolute atomic E-state index is 16.1. The van der Waals surface area contributed by atoms with Crippen LogP contribution < -0.4 is 4.90 Å². The second kappa shape index (κ2) is 12.5. The molecular formula is C33H35FI2N2O4. The first-order chi connectivity index (χ1) is 20.0. The van der Waals surface area contributed by atoms with Crippen molar-refractivity contribution < 1.29 is 23.8 Å². The second-order valence-electron chi connectivity index (χ2n) is 11.7. The van der Waals surface area contributed by atoms with Crippen molar-refractivity contribution in [1.82, 2.24) is 4.90 Å². The molecule has 2 amide bonds. The van der Waals surface area contributed by atoms with Gasteiger partial charge in [0.1, 0.15) is 5.67 Å². The van der Waals surface area contributed by atoms with Gasteiger partial charge in [-0.1, -0.05) is 49.4 Å². The van der Waals surface area contributed by atoms with Crippen molar-refractivity contribution in [2.24, 2.45) is 11.8 Å². The van der Waals surface area contributed by atoms with Gasteiger partial charge in [-0.2, -0.15) is 0 Å². The molecule has 2 aliphatic heterocycles. The highest BCUT2D eigenvalue weighted by Crippen LogP contribution is 2.58. The number of hydrogen-bond donors (Lipinski definition) is 1. The zero-order valence-electron chi connectivity index (χ0n) is 23.9. The highest BCUT2D eigenvalue weighted by molar-refractivity contribution is 14.1. The number of hydrogen-bond acceptors (Lipinski definition) is 4. The summed E-state index contributed by atoms with van der Waals surface area (Å²) in [7, 11) is 0. The lowest BCUT2D eigenvalue weighted by molar-refractivity contribution is -0.150. The Morgan fingerprint density at radius 2 is 1.71 bits per heavy atom. The number of rotatable bonds is 9. The van der Waals surface area contributed by atoms with Crippen LogP contribution >= 0.6 is 45.2 Å². The van der Waals surface area contributed by atoms with Gasteiger partial charge in [-0.15, -0.1) is 0 Å². The maximum Gasteiger partial charge on any atom is 0.264 e. The zero-order chi connectivity index (χ0) is 30.2. The van der Waals surface area contributed by atoms with Crippen LogP contribution in [0.4, 0.5) is 10.1 Å². The zero-order valence-corrected chi connectivity index (χ0v) is 28.2. The third kappa shape index (κ3) is 5.98. The monoisotopic (exact) mass is 796 g/mol. The Bertz CT molecular complexity index is 1450. The molecule has 9 heteroatoms. The van der Waals surface area contributed by atoms with Gasteiger partial charge in [0, 0.05) is 37.6 Å². The number of benzene rings is 3. The smallest absolute Gasteiger partial charge is 0.264 e. The van der Waals surface area contributed by atoms with E-state index in [2.05, 4.69) is 45.2 Å². The van der Waals surface area contributed by atoms with Crippen LogP contribution in [0.1, 0.15) is 43.9 Å². The van der Waals surface area contributed by atoms with Crippen molar-refractivity contribution >= 4 is 62.7 Å². The van der Waals surface area contributed by atoms with Crippen LogP contribution in [0.5, 0.6) is 0 Å². The molecule has 2 heterocycles. The molecule has 3 aromatic rings. The number of aliphatic hydroxyl groups is 1. The van der Waals surface area contributed by atoms with Gasteiger partial charge in [0.05, 0.1) is 31.4 Å². The number of halogens is 3. The van der Waals surface area contributed by atoms with Gasteiger partial charge in [0.15, 0.2) is 5.60 Å². The fourth-order valence-corrected chi connectivity index (χ4v) is 7.52. The topological polar surface area (TPSA) is 70.1 Å². The van der Waals surface area contributed by atoms with Gasteiger partial charge in [0.2, 0.25) is 5.91 Å². The van der Waals surface area contributed by atoms with Gasteiger partial charge in [0.25, 0.3) is 5.91 Å². The summed E-state index contributed by atoms with van der Waals surface area (Å²) in [6.45, 7) is 5.51. The fourth-order valence-electron chi connectivity index (χ4n) is 6.67. The first kappa shape index (κ1) is 31.3. The molecule has 3 aromatic carbocycles. The van der Waals surface area contributed by atoms with Crippen molar-refractivity contribution in [3.05, 3.63) is 96.6 Å². The molecule has 6 nitrogen and oxygen atoms in total. The predicted molar refractivity (Wildman–Crippen MR) is 177 cm³/mol. The Hall–Kier alpha value is -2.09. The van der Waals surface area contributed by atoms with Crippen LogP contribution in [0.3, 0.4) is 0 Å². The van der Waals surface area contributed by atoms with Crippen LogP contribution in [0.25, 0.3) is 0 Å². The lowest BCUT2D eigenvalue weighted by Gasteiger charge is -2.32. The average Bonchev–Trinajstić information content (AvgIpc) is 3.36. The van der Waals surface area contributed by atoms with Crippen LogP contribution in [-0.2, 0) is 33.0 Å². The van der Waals surface area contributed by atoms with Gasteiger partial charge >= 0.3 is 0 Å². The van der Waals surface area contributed by atoms with Crippen molar-refractivity contribution in [3.8, 4) is 0 Å². The summed E-state index contributed by atoms with van der Waals surface area (Å²) in [6.07, 6.45) is -0.932. The predicted octanol–water partition coefficient (Wildman–Crippen LogP) is 6.45. The molecule has 1 fully saturated rings. The van der Waals surface area contributed by atoms with E-state index in [4.69, 9.17) is 4.74 Å². The van der Waals surface area contributed by atoms with Crippen molar-refractivity contribution in [3.63, 3.8) is 0 Å². The summed E-state index contributed by atoms with van der Waals surface area (Å²) in [5.74, 6) is -1.74. The standard InChI is InChI=1S/C33H35FI2N2O4/c1-21-30(32(2,3)34)28(18-29(40)37(15-16-39)19-22-7-5-4-6-8-22)42-33(21)26-17-25(36)13-14-27(26)38(31(33)41)20-23-9-11-24(35)12-10-23/h4-14,17,21,28,30,39H,15-16,18-20H2,1-3H3/t21-,28+,30-,33+/m0/s1. The number of alkyl halides is 1. The summed E-state index contributed by atoms with van der Waals surface area (Å²) in [6, 6.07) is 23.4. The van der Waals surface area contributed by atoms with Crippen LogP contribution in [0.2, 0.25) is 0 Å². The minimum atomic E-state index is -1.72. The Kier molecular flexibility index (Phi) is 9.32. The molecule has 1 spiro atoms. The van der Waals surface area contributed by atoms with E-state index in [1.54, 1.807) is 9.80 Å². The van der Waals surface area contributed by atoms with E-state index in [0.717, 1.165) is 29.5 Å². The van der Waals surface area contributed by atoms with Crippen LogP contribution in [0, 0.1) is 19.0 Å². The first-order valence-corrected chi connectivity index (χ1v) is 16.3. The summed E-state index contributed by atoms with van der Waals surface area (Å²) in [5.41, 5.74) is 0.239. The lowest BCUT2D eigenvalue weighted by atomic mass is 9.71. The minimum Gasteiger partial charge on any atom is -0.395 e. The molecule has 0 radical (unpaired) electrons. The Morgan fingerprint density at radius 1 is 1.05 bits per heavy atom. The van der Waals surface area contributed by atoms with E-state index in [1.807, 2.05) is 79.7 Å². The van der Waals surface area contributed by atoms with E-state index in [9.17, 15) is 14.7 Å². The molecule has 1 N–H and O–H groups in total. The number of ether oxygens (including phenoxy) is 1. The Morgan fingerprint density at radius 3 is 2.36 bits per heavy atom. The van der Waals surface area contributed by atoms with Gasteiger partial charge < -0.3 is 19.6 Å². The molecule has 42 heavy (non-hydrogen) atoms. The highest BCUT2D eigenvalue weighted by atomic mass is 127. The molecule has 0 aliphatic carbocycles. The van der Waals surface area contributed by atoms with E-state index in [-0.39, 0.29) is 31.4 Å². The highest BCUT2D eigenvalue weighted by Gasteiger charge is 2.66. The number of aliphatic hydroxyl groups excluding tert-OH is 1. The minimum absolute atomic E-state index is 0.0966. The molecular weight excluding hydrogens is 761 g/mol. The molecule has 0 saturated carbocycles. The molecule has 0 aromatic heterocycles. The van der Waals surface area contributed by atoms with Gasteiger partial charge in [-0.3, -0.25) is 9.59 Å². The number of carbonyl (C=O) groups excluding carboxylic acids is 2. The van der Waals surface area contributed by atoms with E-state index in [0.29, 0.717) is 13.1 Å². The Balaban J connectivity index is 1.50.